The predicted octanol–water partition coefficient (Wildman–Crippen LogP) is 1.68. The van der Waals surface area contributed by atoms with Crippen molar-refractivity contribution >= 4 is 0 Å². The van der Waals surface area contributed by atoms with Crippen molar-refractivity contribution in [3.05, 3.63) is 0 Å². The molecule has 0 heterocycles. The lowest BCUT2D eigenvalue weighted by Crippen LogP contribution is -2.42. The van der Waals surface area contributed by atoms with Crippen LogP contribution in [0.1, 0.15) is 33.6 Å². The molecule has 2 heteroatoms. The first-order chi connectivity index (χ1) is 4.74. The van der Waals surface area contributed by atoms with Gasteiger partial charge in [-0.1, -0.05) is 20.8 Å². The molecule has 0 atom stereocenters. The van der Waals surface area contributed by atoms with E-state index in [9.17, 15) is 0 Å². The second-order valence-electron chi connectivity index (χ2n) is 2.43. The van der Waals surface area contributed by atoms with Crippen LogP contribution in [0.15, 0.2) is 0 Å². The van der Waals surface area contributed by atoms with Crippen LogP contribution in [0.2, 0.25) is 0 Å². The molecule has 0 saturated carbocycles. The summed E-state index contributed by atoms with van der Waals surface area (Å²) in [5.41, 5.74) is -0.269. The van der Waals surface area contributed by atoms with E-state index in [1.807, 2.05) is 20.8 Å². The fourth-order valence-electron chi connectivity index (χ4n) is 1.04. The van der Waals surface area contributed by atoms with Gasteiger partial charge in [0.2, 0.25) is 0 Å². The zero-order chi connectivity index (χ0) is 8.04. The molecule has 0 amide bonds. The standard InChI is InChI=1S/C8H16N2/c1-4-8(5-2,7-9)10-6-3/h10H,4-6H2,1-3H3. The van der Waals surface area contributed by atoms with E-state index >= 15 is 0 Å². The third-order valence-electron chi connectivity index (χ3n) is 1.94. The average Bonchev–Trinajstić information content (AvgIpc) is 2.01. The van der Waals surface area contributed by atoms with Gasteiger partial charge >= 0.3 is 0 Å². The average molecular weight is 140 g/mol. The van der Waals surface area contributed by atoms with Crippen LogP contribution in [-0.4, -0.2) is 12.1 Å². The van der Waals surface area contributed by atoms with Gasteiger partial charge < -0.3 is 0 Å². The Bertz CT molecular complexity index is 120. The minimum absolute atomic E-state index is 0.269. The Kier molecular flexibility index (Phi) is 4.06. The van der Waals surface area contributed by atoms with E-state index in [0.717, 1.165) is 19.4 Å². The lowest BCUT2D eigenvalue weighted by Gasteiger charge is -2.23. The van der Waals surface area contributed by atoms with Crippen LogP contribution in [-0.2, 0) is 0 Å². The Morgan fingerprint density at radius 1 is 1.30 bits per heavy atom. The number of nitrogens with zero attached hydrogens (tertiary/aromatic N) is 1. The Labute approximate surface area is 63.2 Å². The Morgan fingerprint density at radius 3 is 1.90 bits per heavy atom. The second kappa shape index (κ2) is 4.29. The van der Waals surface area contributed by atoms with Crippen molar-refractivity contribution in [2.24, 2.45) is 0 Å². The molecule has 2 nitrogen and oxygen atoms in total. The molecule has 0 aromatic heterocycles. The van der Waals surface area contributed by atoms with Gasteiger partial charge in [-0.25, -0.2) is 0 Å². The summed E-state index contributed by atoms with van der Waals surface area (Å²) in [6.07, 6.45) is 1.77. The zero-order valence-electron chi connectivity index (χ0n) is 7.07. The van der Waals surface area contributed by atoms with Crippen molar-refractivity contribution in [1.29, 1.82) is 5.26 Å². The molecule has 0 fully saturated rings. The van der Waals surface area contributed by atoms with E-state index in [2.05, 4.69) is 11.4 Å². The van der Waals surface area contributed by atoms with E-state index in [4.69, 9.17) is 5.26 Å². The van der Waals surface area contributed by atoms with Crippen LogP contribution in [0.5, 0.6) is 0 Å². The monoisotopic (exact) mass is 140 g/mol. The van der Waals surface area contributed by atoms with Crippen LogP contribution in [0.4, 0.5) is 0 Å². The van der Waals surface area contributed by atoms with Gasteiger partial charge in [-0.15, -0.1) is 0 Å². The van der Waals surface area contributed by atoms with E-state index in [1.54, 1.807) is 0 Å². The third kappa shape index (κ3) is 2.00. The number of nitriles is 1. The van der Waals surface area contributed by atoms with Crippen molar-refractivity contribution in [1.82, 2.24) is 5.32 Å². The smallest absolute Gasteiger partial charge is 0.106 e. The molecule has 0 aliphatic heterocycles. The molecule has 0 aromatic rings. The van der Waals surface area contributed by atoms with Gasteiger partial charge in [-0.05, 0) is 19.4 Å². The minimum Gasteiger partial charge on any atom is -0.300 e. The van der Waals surface area contributed by atoms with E-state index in [0.29, 0.717) is 0 Å². The van der Waals surface area contributed by atoms with E-state index in [-0.39, 0.29) is 5.54 Å². The van der Waals surface area contributed by atoms with Gasteiger partial charge in [0.15, 0.2) is 0 Å². The van der Waals surface area contributed by atoms with Crippen LogP contribution in [0.3, 0.4) is 0 Å². The van der Waals surface area contributed by atoms with Gasteiger partial charge in [-0.2, -0.15) is 5.26 Å². The minimum atomic E-state index is -0.269. The molecule has 0 spiro atoms. The van der Waals surface area contributed by atoms with Crippen LogP contribution < -0.4 is 5.32 Å². The maximum atomic E-state index is 8.80. The van der Waals surface area contributed by atoms with Crippen molar-refractivity contribution in [2.75, 3.05) is 6.54 Å². The first-order valence-corrected chi connectivity index (χ1v) is 3.91. The molecule has 0 saturated heterocycles. The lowest BCUT2D eigenvalue weighted by atomic mass is 9.95. The summed E-state index contributed by atoms with van der Waals surface area (Å²) < 4.78 is 0. The molecule has 0 radical (unpaired) electrons. The van der Waals surface area contributed by atoms with Crippen molar-refractivity contribution in [2.45, 2.75) is 39.2 Å². The quantitative estimate of drug-likeness (QED) is 0.645. The summed E-state index contributed by atoms with van der Waals surface area (Å²) in [4.78, 5) is 0. The molecule has 0 unspecified atom stereocenters. The fraction of sp³-hybridized carbons (Fsp3) is 0.875. The number of hydrogen-bond acceptors (Lipinski definition) is 2. The SMILES string of the molecule is CCNC(C#N)(CC)CC. The summed E-state index contributed by atoms with van der Waals surface area (Å²) in [6, 6.07) is 2.30. The maximum absolute atomic E-state index is 8.80. The fourth-order valence-corrected chi connectivity index (χ4v) is 1.04. The van der Waals surface area contributed by atoms with Gasteiger partial charge in [-0.3, -0.25) is 5.32 Å². The van der Waals surface area contributed by atoms with Gasteiger partial charge in [0.05, 0.1) is 6.07 Å². The Hall–Kier alpha value is -0.550. The highest BCUT2D eigenvalue weighted by atomic mass is 15.0. The summed E-state index contributed by atoms with van der Waals surface area (Å²) in [5.74, 6) is 0. The third-order valence-corrected chi connectivity index (χ3v) is 1.94. The molecular formula is C8H16N2. The first-order valence-electron chi connectivity index (χ1n) is 3.91. The van der Waals surface area contributed by atoms with Gasteiger partial charge in [0.25, 0.3) is 0 Å². The Morgan fingerprint density at radius 2 is 1.80 bits per heavy atom. The van der Waals surface area contributed by atoms with Crippen LogP contribution in [0, 0.1) is 11.3 Å². The van der Waals surface area contributed by atoms with Crippen LogP contribution in [0.25, 0.3) is 0 Å². The largest absolute Gasteiger partial charge is 0.300 e. The lowest BCUT2D eigenvalue weighted by molar-refractivity contribution is 0.397. The molecule has 0 bridgehead atoms. The topological polar surface area (TPSA) is 35.8 Å². The predicted molar refractivity (Wildman–Crippen MR) is 42.6 cm³/mol. The summed E-state index contributed by atoms with van der Waals surface area (Å²) in [6.45, 7) is 6.97. The molecule has 0 aliphatic carbocycles. The molecule has 0 aromatic carbocycles. The van der Waals surface area contributed by atoms with Gasteiger partial charge in [0.1, 0.15) is 5.54 Å². The van der Waals surface area contributed by atoms with Crippen molar-refractivity contribution < 1.29 is 0 Å². The van der Waals surface area contributed by atoms with E-state index < -0.39 is 0 Å². The molecule has 10 heavy (non-hydrogen) atoms. The highest BCUT2D eigenvalue weighted by Gasteiger charge is 2.23. The summed E-state index contributed by atoms with van der Waals surface area (Å²) in [5, 5.41) is 12.0. The highest BCUT2D eigenvalue weighted by Crippen LogP contribution is 2.12. The van der Waals surface area contributed by atoms with Crippen LogP contribution >= 0.6 is 0 Å². The van der Waals surface area contributed by atoms with Crippen molar-refractivity contribution in [3.63, 3.8) is 0 Å². The highest BCUT2D eigenvalue weighted by molar-refractivity contribution is 5.04. The molecule has 58 valence electrons. The maximum Gasteiger partial charge on any atom is 0.106 e. The summed E-state index contributed by atoms with van der Waals surface area (Å²) in [7, 11) is 0. The zero-order valence-corrected chi connectivity index (χ0v) is 7.07. The molecule has 0 rings (SSSR count). The number of nitrogens with one attached hydrogen (secondary N) is 1. The molecular weight excluding hydrogens is 124 g/mol. The van der Waals surface area contributed by atoms with E-state index in [1.165, 1.54) is 0 Å². The second-order valence-corrected chi connectivity index (χ2v) is 2.43. The Balaban J connectivity index is 4.05. The summed E-state index contributed by atoms with van der Waals surface area (Å²) >= 11 is 0. The van der Waals surface area contributed by atoms with Crippen molar-refractivity contribution in [3.8, 4) is 6.07 Å². The van der Waals surface area contributed by atoms with Gasteiger partial charge in [0, 0.05) is 0 Å². The number of rotatable bonds is 4. The number of hydrogen-bond donors (Lipinski definition) is 1. The normalized spacial score (nSPS) is 11.0. The molecule has 1 N–H and O–H groups in total. The first kappa shape index (κ1) is 9.45. The molecule has 0 aliphatic rings.